The lowest BCUT2D eigenvalue weighted by Gasteiger charge is -2.18. The Balaban J connectivity index is 4.53. The van der Waals surface area contributed by atoms with E-state index in [1.54, 1.807) is 0 Å². The van der Waals surface area contributed by atoms with Crippen LogP contribution in [-0.2, 0) is 28.6 Å². The molecule has 0 aliphatic heterocycles. The quantitative estimate of drug-likeness (QED) is 0.0201. The van der Waals surface area contributed by atoms with Crippen LogP contribution in [0.15, 0.2) is 97.2 Å². The minimum atomic E-state index is -0.817. The van der Waals surface area contributed by atoms with Crippen LogP contribution in [0.2, 0.25) is 0 Å². The lowest BCUT2D eigenvalue weighted by atomic mass is 10.1. The second-order valence-corrected chi connectivity index (χ2v) is 15.4. The van der Waals surface area contributed by atoms with Gasteiger partial charge in [-0.1, -0.05) is 208 Å². The van der Waals surface area contributed by atoms with Gasteiger partial charge in [-0.05, 0) is 70.6 Å². The van der Waals surface area contributed by atoms with Gasteiger partial charge in [0.1, 0.15) is 13.2 Å². The molecule has 0 fully saturated rings. The molecule has 0 spiro atoms. The maximum absolute atomic E-state index is 12.7. The molecule has 0 aromatic heterocycles. The van der Waals surface area contributed by atoms with Gasteiger partial charge in [0.15, 0.2) is 6.10 Å². The lowest BCUT2D eigenvalue weighted by Crippen LogP contribution is -2.30. The minimum absolute atomic E-state index is 0.111. The lowest BCUT2D eigenvalue weighted by molar-refractivity contribution is -0.167. The molecule has 0 saturated carbocycles. The summed E-state index contributed by atoms with van der Waals surface area (Å²) >= 11 is 0. The zero-order chi connectivity index (χ0) is 43.0. The van der Waals surface area contributed by atoms with E-state index in [1.165, 1.54) is 83.5 Å². The number of carbonyl (C=O) groups excluding carboxylic acids is 3. The Kier molecular flexibility index (Phi) is 44.1. The Labute approximate surface area is 362 Å². The third-order valence-electron chi connectivity index (χ3n) is 9.70. The van der Waals surface area contributed by atoms with Gasteiger partial charge in [0.2, 0.25) is 0 Å². The van der Waals surface area contributed by atoms with E-state index in [9.17, 15) is 14.4 Å². The zero-order valence-electron chi connectivity index (χ0n) is 38.0. The van der Waals surface area contributed by atoms with Gasteiger partial charge in [-0.3, -0.25) is 14.4 Å². The van der Waals surface area contributed by atoms with Gasteiger partial charge in [0.05, 0.1) is 0 Å². The maximum atomic E-state index is 12.7. The second kappa shape index (κ2) is 47.0. The number of hydrogen-bond donors (Lipinski definition) is 0. The summed E-state index contributed by atoms with van der Waals surface area (Å²) in [4.78, 5) is 37.7. The first kappa shape index (κ1) is 55.3. The summed E-state index contributed by atoms with van der Waals surface area (Å²) in [6.45, 7) is 6.36. The molecule has 0 heterocycles. The van der Waals surface area contributed by atoms with Crippen LogP contribution in [0.4, 0.5) is 0 Å². The van der Waals surface area contributed by atoms with Crippen molar-refractivity contribution in [1.29, 1.82) is 0 Å². The minimum Gasteiger partial charge on any atom is -0.462 e. The molecule has 0 N–H and O–H groups in total. The van der Waals surface area contributed by atoms with Crippen LogP contribution < -0.4 is 0 Å². The van der Waals surface area contributed by atoms with Crippen molar-refractivity contribution < 1.29 is 28.6 Å². The molecule has 0 radical (unpaired) electrons. The fourth-order valence-electron chi connectivity index (χ4n) is 6.12. The normalized spacial score (nSPS) is 12.9. The first-order valence-electron chi connectivity index (χ1n) is 23.8. The Hall–Kier alpha value is -3.67. The molecule has 0 saturated heterocycles. The average Bonchev–Trinajstić information content (AvgIpc) is 3.23. The SMILES string of the molecule is CC\C=C/C=C\C=C/C=C\C=C/CCCCCC(=O)OC(COC(=O)CCC/C=C\C/C=C\C/C=C\CCCCCCCC)COC(=O)CCCCCCCCCCC. The molecular formula is C53H86O6. The second-order valence-electron chi connectivity index (χ2n) is 15.4. The van der Waals surface area contributed by atoms with E-state index >= 15 is 0 Å². The molecule has 0 aromatic rings. The number of rotatable bonds is 41. The Morgan fingerprint density at radius 2 is 0.746 bits per heavy atom. The molecule has 0 aliphatic rings. The highest BCUT2D eigenvalue weighted by Crippen LogP contribution is 2.12. The Morgan fingerprint density at radius 3 is 1.27 bits per heavy atom. The van der Waals surface area contributed by atoms with Gasteiger partial charge in [-0.2, -0.15) is 0 Å². The average molecular weight is 819 g/mol. The summed E-state index contributed by atoms with van der Waals surface area (Å²) < 4.78 is 16.6. The van der Waals surface area contributed by atoms with Crippen molar-refractivity contribution in [2.75, 3.05) is 13.2 Å². The highest BCUT2D eigenvalue weighted by molar-refractivity contribution is 5.71. The zero-order valence-corrected chi connectivity index (χ0v) is 38.0. The van der Waals surface area contributed by atoms with Crippen LogP contribution in [0.3, 0.4) is 0 Å². The third-order valence-corrected chi connectivity index (χ3v) is 9.70. The van der Waals surface area contributed by atoms with Crippen LogP contribution >= 0.6 is 0 Å². The van der Waals surface area contributed by atoms with Crippen LogP contribution in [0.25, 0.3) is 0 Å². The van der Waals surface area contributed by atoms with Gasteiger partial charge in [-0.25, -0.2) is 0 Å². The van der Waals surface area contributed by atoms with Gasteiger partial charge in [0.25, 0.3) is 0 Å². The van der Waals surface area contributed by atoms with E-state index in [0.717, 1.165) is 64.2 Å². The molecule has 0 rings (SSSR count). The van der Waals surface area contributed by atoms with Gasteiger partial charge < -0.3 is 14.2 Å². The summed E-state index contributed by atoms with van der Waals surface area (Å²) in [7, 11) is 0. The van der Waals surface area contributed by atoms with Gasteiger partial charge in [0, 0.05) is 19.3 Å². The van der Waals surface area contributed by atoms with Crippen LogP contribution in [0, 0.1) is 0 Å². The molecule has 334 valence electrons. The highest BCUT2D eigenvalue weighted by Gasteiger charge is 2.19. The van der Waals surface area contributed by atoms with E-state index < -0.39 is 6.10 Å². The van der Waals surface area contributed by atoms with E-state index in [2.05, 4.69) is 69.4 Å². The van der Waals surface area contributed by atoms with Crippen molar-refractivity contribution >= 4 is 17.9 Å². The van der Waals surface area contributed by atoms with Crippen molar-refractivity contribution in [1.82, 2.24) is 0 Å². The van der Waals surface area contributed by atoms with Crippen molar-refractivity contribution in [3.63, 3.8) is 0 Å². The van der Waals surface area contributed by atoms with Crippen LogP contribution in [0.1, 0.15) is 201 Å². The summed E-state index contributed by atoms with van der Waals surface area (Å²) in [6, 6.07) is 0. The first-order chi connectivity index (χ1) is 29.0. The fraction of sp³-hybridized carbons (Fsp3) is 0.642. The summed E-state index contributed by atoms with van der Waals surface area (Å²) in [5.74, 6) is -1.02. The Morgan fingerprint density at radius 1 is 0.373 bits per heavy atom. The smallest absolute Gasteiger partial charge is 0.306 e. The standard InChI is InChI=1S/C53H86O6/c1-4-7-10-13-16-19-21-23-25-26-28-29-31-34-37-40-43-46-52(55)58-49-50(48-57-51(54)45-42-39-36-33-18-15-12-9-6-3)59-53(56)47-44-41-38-35-32-30-27-24-22-20-17-14-11-8-5-2/h8,11,14,17,20,22-25,27-30,32,34,37,50H,4-7,9-10,12-13,15-16,18-19,21,26,31,33,35-36,38-49H2,1-3H3/b11-8-,17-14-,22-20-,25-23-,27-24-,29-28-,32-30-,37-34-. The van der Waals surface area contributed by atoms with Gasteiger partial charge in [-0.15, -0.1) is 0 Å². The van der Waals surface area contributed by atoms with Crippen molar-refractivity contribution in [2.45, 2.75) is 207 Å². The molecule has 1 unspecified atom stereocenters. The molecule has 59 heavy (non-hydrogen) atoms. The fourth-order valence-corrected chi connectivity index (χ4v) is 6.12. The largest absolute Gasteiger partial charge is 0.462 e. The third kappa shape index (κ3) is 45.3. The van der Waals surface area contributed by atoms with Crippen molar-refractivity contribution in [3.8, 4) is 0 Å². The summed E-state index contributed by atoms with van der Waals surface area (Å²) in [6.07, 6.45) is 61.1. The van der Waals surface area contributed by atoms with Crippen LogP contribution in [0.5, 0.6) is 0 Å². The Bertz CT molecular complexity index is 1220. The number of esters is 3. The predicted molar refractivity (Wildman–Crippen MR) is 251 cm³/mol. The number of allylic oxidation sites excluding steroid dienone is 16. The molecule has 0 aromatic carbocycles. The number of unbranched alkanes of at least 4 members (excludes halogenated alkanes) is 18. The molecular weight excluding hydrogens is 733 g/mol. The number of carbonyl (C=O) groups is 3. The topological polar surface area (TPSA) is 78.9 Å². The molecule has 6 nitrogen and oxygen atoms in total. The molecule has 0 bridgehead atoms. The van der Waals surface area contributed by atoms with E-state index in [-0.39, 0.29) is 44.0 Å². The summed E-state index contributed by atoms with van der Waals surface area (Å²) in [5, 5.41) is 0. The molecule has 0 aliphatic carbocycles. The van der Waals surface area contributed by atoms with E-state index in [0.29, 0.717) is 19.3 Å². The summed E-state index contributed by atoms with van der Waals surface area (Å²) in [5.41, 5.74) is 0. The van der Waals surface area contributed by atoms with Crippen molar-refractivity contribution in [2.24, 2.45) is 0 Å². The van der Waals surface area contributed by atoms with E-state index in [4.69, 9.17) is 14.2 Å². The van der Waals surface area contributed by atoms with E-state index in [1.807, 2.05) is 48.6 Å². The van der Waals surface area contributed by atoms with Crippen molar-refractivity contribution in [3.05, 3.63) is 97.2 Å². The number of ether oxygens (including phenoxy) is 3. The predicted octanol–water partition coefficient (Wildman–Crippen LogP) is 15.4. The maximum Gasteiger partial charge on any atom is 0.306 e. The van der Waals surface area contributed by atoms with Gasteiger partial charge >= 0.3 is 17.9 Å². The highest BCUT2D eigenvalue weighted by atomic mass is 16.6. The number of hydrogen-bond acceptors (Lipinski definition) is 6. The first-order valence-corrected chi connectivity index (χ1v) is 23.8. The molecule has 1 atom stereocenters. The monoisotopic (exact) mass is 819 g/mol. The molecule has 6 heteroatoms. The molecule has 0 amide bonds. The van der Waals surface area contributed by atoms with Crippen LogP contribution in [-0.4, -0.2) is 37.2 Å².